The average Bonchev–Trinajstić information content (AvgIpc) is 3.35. The Balaban J connectivity index is 1.34. The van der Waals surface area contributed by atoms with Crippen molar-refractivity contribution >= 4 is 34.2 Å². The summed E-state index contributed by atoms with van der Waals surface area (Å²) >= 11 is 0. The van der Waals surface area contributed by atoms with Gasteiger partial charge < -0.3 is 25.5 Å². The van der Waals surface area contributed by atoms with Gasteiger partial charge >= 0.3 is 0 Å². The number of nitrogens with one attached hydrogen (secondary N) is 3. The smallest absolute Gasteiger partial charge is 0.274 e. The van der Waals surface area contributed by atoms with E-state index in [2.05, 4.69) is 30.6 Å². The maximum absolute atomic E-state index is 13.3. The third kappa shape index (κ3) is 4.88. The van der Waals surface area contributed by atoms with Gasteiger partial charge in [0.15, 0.2) is 5.78 Å². The van der Waals surface area contributed by atoms with Crippen LogP contribution < -0.4 is 10.6 Å². The largest absolute Gasteiger partial charge is 0.394 e. The molecule has 0 saturated carbocycles. The molecule has 1 fully saturated rings. The topological polar surface area (TPSA) is 142 Å². The summed E-state index contributed by atoms with van der Waals surface area (Å²) in [6.07, 6.45) is 6.04. The highest BCUT2D eigenvalue weighted by Gasteiger charge is 2.24. The zero-order valence-corrected chi connectivity index (χ0v) is 18.8. The first-order chi connectivity index (χ1) is 17.1. The molecule has 10 heteroatoms. The van der Waals surface area contributed by atoms with Crippen molar-refractivity contribution in [2.75, 3.05) is 23.8 Å². The highest BCUT2D eigenvalue weighted by Crippen LogP contribution is 2.28. The number of carbonyl (C=O) groups excluding carboxylic acids is 2. The number of rotatable bonds is 7. The van der Waals surface area contributed by atoms with Crippen LogP contribution in [0.15, 0.2) is 61.2 Å². The van der Waals surface area contributed by atoms with Crippen LogP contribution in [0.1, 0.15) is 39.3 Å². The number of hydrogen-bond acceptors (Lipinski definition) is 8. The van der Waals surface area contributed by atoms with E-state index < -0.39 is 0 Å². The molecule has 0 unspecified atom stereocenters. The molecular weight excluding hydrogens is 448 g/mol. The summed E-state index contributed by atoms with van der Waals surface area (Å²) in [6.45, 7) is 0.447. The first-order valence-corrected chi connectivity index (χ1v) is 11.3. The van der Waals surface area contributed by atoms with Gasteiger partial charge in [0.25, 0.3) is 5.91 Å². The minimum Gasteiger partial charge on any atom is -0.394 e. The van der Waals surface area contributed by atoms with Crippen LogP contribution in [-0.4, -0.2) is 62.1 Å². The van der Waals surface area contributed by atoms with Crippen LogP contribution in [0.3, 0.4) is 0 Å². The zero-order chi connectivity index (χ0) is 24.2. The number of hydrogen-bond donors (Lipinski definition) is 4. The van der Waals surface area contributed by atoms with Crippen LogP contribution in [0.4, 0.5) is 11.5 Å². The van der Waals surface area contributed by atoms with E-state index in [0.717, 1.165) is 12.8 Å². The van der Waals surface area contributed by atoms with E-state index in [1.807, 2.05) is 0 Å². The Morgan fingerprint density at radius 1 is 1.09 bits per heavy atom. The molecular formula is C25H24N6O4. The normalized spacial score (nSPS) is 17.7. The summed E-state index contributed by atoms with van der Waals surface area (Å²) in [4.78, 5) is 41.4. The number of H-pyrrole nitrogens is 1. The van der Waals surface area contributed by atoms with Gasteiger partial charge in [-0.15, -0.1) is 0 Å². The molecule has 0 bridgehead atoms. The molecule has 1 aromatic carbocycles. The molecule has 10 nitrogen and oxygen atoms in total. The van der Waals surface area contributed by atoms with E-state index in [1.165, 1.54) is 6.33 Å². The van der Waals surface area contributed by atoms with Gasteiger partial charge in [-0.1, -0.05) is 6.07 Å². The van der Waals surface area contributed by atoms with Gasteiger partial charge in [0.05, 0.1) is 36.3 Å². The molecule has 1 saturated heterocycles. The number of carbonyl (C=O) groups is 2. The number of anilines is 2. The quantitative estimate of drug-likeness (QED) is 0.301. The lowest BCUT2D eigenvalue weighted by Gasteiger charge is -2.29. The standard InChI is InChI=1S/C25H24N6O4/c32-12-18-9-8-17(13-35-18)30-24-21-19(11-27-23(21)28-14-29-24)22(33)15-4-6-16(7-5-15)31-25(34)20-3-1-2-10-26-20/h1-7,10-11,14,17-18,32H,8-9,12-13H2,(H,31,34)(H2,27,28,29,30)/t17-,18+/m0/s1. The SMILES string of the molecule is O=C(Nc1ccc(C(=O)c2c[nH]c3ncnc(N[C@H]4CC[C@H](CO)OC4)c23)cc1)c1ccccn1. The average molecular weight is 473 g/mol. The summed E-state index contributed by atoms with van der Waals surface area (Å²) in [6, 6.07) is 11.8. The Kier molecular flexibility index (Phi) is 6.47. The van der Waals surface area contributed by atoms with Gasteiger partial charge in [-0.3, -0.25) is 14.6 Å². The third-order valence-corrected chi connectivity index (χ3v) is 5.93. The van der Waals surface area contributed by atoms with E-state index in [-0.39, 0.29) is 30.4 Å². The maximum Gasteiger partial charge on any atom is 0.274 e. The number of nitrogens with zero attached hydrogens (tertiary/aromatic N) is 3. The molecule has 1 aliphatic rings. The molecule has 0 spiro atoms. The number of ketones is 1. The number of aromatic amines is 1. The van der Waals surface area contributed by atoms with Crippen LogP contribution in [-0.2, 0) is 4.74 Å². The van der Waals surface area contributed by atoms with Crippen molar-refractivity contribution in [1.82, 2.24) is 19.9 Å². The summed E-state index contributed by atoms with van der Waals surface area (Å²) in [7, 11) is 0. The summed E-state index contributed by atoms with van der Waals surface area (Å²) < 4.78 is 5.65. The predicted octanol–water partition coefficient (Wildman–Crippen LogP) is 2.79. The fourth-order valence-electron chi connectivity index (χ4n) is 4.06. The van der Waals surface area contributed by atoms with Crippen molar-refractivity contribution in [3.05, 3.63) is 78.0 Å². The molecule has 0 aliphatic carbocycles. The number of fused-ring (bicyclic) bond motifs is 1. The summed E-state index contributed by atoms with van der Waals surface area (Å²) in [5, 5.41) is 16.0. The van der Waals surface area contributed by atoms with Crippen molar-refractivity contribution in [2.24, 2.45) is 0 Å². The number of aromatic nitrogens is 4. The Hall–Kier alpha value is -4.15. The molecule has 5 rings (SSSR count). The van der Waals surface area contributed by atoms with Gasteiger partial charge in [0, 0.05) is 23.6 Å². The Morgan fingerprint density at radius 2 is 1.94 bits per heavy atom. The molecule has 1 aliphatic heterocycles. The van der Waals surface area contributed by atoms with E-state index in [1.54, 1.807) is 54.9 Å². The van der Waals surface area contributed by atoms with Crippen LogP contribution in [0, 0.1) is 0 Å². The molecule has 35 heavy (non-hydrogen) atoms. The molecule has 4 aromatic rings. The second kappa shape index (κ2) is 10.00. The van der Waals surface area contributed by atoms with E-state index in [0.29, 0.717) is 46.0 Å². The highest BCUT2D eigenvalue weighted by molar-refractivity contribution is 6.18. The number of pyridine rings is 1. The number of aliphatic hydroxyl groups excluding tert-OH is 1. The Labute approximate surface area is 200 Å². The van der Waals surface area contributed by atoms with Gasteiger partial charge in [0.2, 0.25) is 0 Å². The van der Waals surface area contributed by atoms with Crippen LogP contribution >= 0.6 is 0 Å². The van der Waals surface area contributed by atoms with Crippen LogP contribution in [0.5, 0.6) is 0 Å². The molecule has 0 radical (unpaired) electrons. The minimum atomic E-state index is -0.328. The monoisotopic (exact) mass is 472 g/mol. The van der Waals surface area contributed by atoms with Crippen molar-refractivity contribution in [2.45, 2.75) is 25.0 Å². The Morgan fingerprint density at radius 3 is 2.66 bits per heavy atom. The van der Waals surface area contributed by atoms with Crippen molar-refractivity contribution in [1.29, 1.82) is 0 Å². The number of ether oxygens (including phenoxy) is 1. The van der Waals surface area contributed by atoms with E-state index in [9.17, 15) is 14.7 Å². The second-order valence-electron chi connectivity index (χ2n) is 8.28. The number of amides is 1. The fraction of sp³-hybridized carbons (Fsp3) is 0.240. The lowest BCUT2D eigenvalue weighted by molar-refractivity contribution is -0.0224. The summed E-state index contributed by atoms with van der Waals surface area (Å²) in [5.74, 6) is 0.0259. The van der Waals surface area contributed by atoms with Crippen molar-refractivity contribution in [3.8, 4) is 0 Å². The zero-order valence-electron chi connectivity index (χ0n) is 18.8. The molecule has 3 aromatic heterocycles. The molecule has 4 N–H and O–H groups in total. The maximum atomic E-state index is 13.3. The lowest BCUT2D eigenvalue weighted by Crippen LogP contribution is -2.36. The second-order valence-corrected chi connectivity index (χ2v) is 8.28. The fourth-order valence-corrected chi connectivity index (χ4v) is 4.06. The molecule has 178 valence electrons. The third-order valence-electron chi connectivity index (χ3n) is 5.93. The molecule has 4 heterocycles. The number of aliphatic hydroxyl groups is 1. The first kappa shape index (κ1) is 22.6. The van der Waals surface area contributed by atoms with Crippen LogP contribution in [0.25, 0.3) is 11.0 Å². The van der Waals surface area contributed by atoms with Crippen molar-refractivity contribution in [3.63, 3.8) is 0 Å². The van der Waals surface area contributed by atoms with Gasteiger partial charge in [-0.25, -0.2) is 9.97 Å². The van der Waals surface area contributed by atoms with Crippen LogP contribution in [0.2, 0.25) is 0 Å². The van der Waals surface area contributed by atoms with Gasteiger partial charge in [-0.2, -0.15) is 0 Å². The predicted molar refractivity (Wildman–Crippen MR) is 129 cm³/mol. The van der Waals surface area contributed by atoms with Gasteiger partial charge in [0.1, 0.15) is 23.5 Å². The molecule has 1 amide bonds. The van der Waals surface area contributed by atoms with E-state index in [4.69, 9.17) is 4.74 Å². The number of benzene rings is 1. The van der Waals surface area contributed by atoms with Gasteiger partial charge in [-0.05, 0) is 49.2 Å². The Bertz CT molecular complexity index is 1330. The summed E-state index contributed by atoms with van der Waals surface area (Å²) in [5.41, 5.74) is 2.32. The molecule has 2 atom stereocenters. The van der Waals surface area contributed by atoms with E-state index >= 15 is 0 Å². The highest BCUT2D eigenvalue weighted by atomic mass is 16.5. The minimum absolute atomic E-state index is 0.00650. The first-order valence-electron chi connectivity index (χ1n) is 11.3. The van der Waals surface area contributed by atoms with Crippen molar-refractivity contribution < 1.29 is 19.4 Å². The lowest BCUT2D eigenvalue weighted by atomic mass is 10.0.